The molecule has 0 aliphatic carbocycles. The van der Waals surface area contributed by atoms with Crippen molar-refractivity contribution in [3.63, 3.8) is 0 Å². The zero-order chi connectivity index (χ0) is 9.26. The SMILES string of the molecule is Cc1cccc(-n2ccc(C)n2)c1. The zero-order valence-corrected chi connectivity index (χ0v) is 7.86. The number of hydrogen-bond donors (Lipinski definition) is 0. The molecule has 0 spiro atoms. The van der Waals surface area contributed by atoms with Crippen molar-refractivity contribution in [1.29, 1.82) is 0 Å². The maximum atomic E-state index is 4.34. The van der Waals surface area contributed by atoms with E-state index in [1.807, 2.05) is 29.9 Å². The first-order valence-electron chi connectivity index (χ1n) is 4.35. The van der Waals surface area contributed by atoms with E-state index in [-0.39, 0.29) is 0 Å². The van der Waals surface area contributed by atoms with Crippen LogP contribution in [0, 0.1) is 13.8 Å². The van der Waals surface area contributed by atoms with Crippen LogP contribution in [-0.2, 0) is 0 Å². The van der Waals surface area contributed by atoms with Gasteiger partial charge in [-0.05, 0) is 37.6 Å². The van der Waals surface area contributed by atoms with E-state index in [0.717, 1.165) is 11.4 Å². The van der Waals surface area contributed by atoms with Crippen molar-refractivity contribution in [2.24, 2.45) is 0 Å². The van der Waals surface area contributed by atoms with Crippen LogP contribution >= 0.6 is 0 Å². The Hall–Kier alpha value is -1.57. The molecule has 2 nitrogen and oxygen atoms in total. The lowest BCUT2D eigenvalue weighted by Gasteiger charge is -2.01. The molecular weight excluding hydrogens is 160 g/mol. The van der Waals surface area contributed by atoms with E-state index in [1.54, 1.807) is 0 Å². The summed E-state index contributed by atoms with van der Waals surface area (Å²) in [6.45, 7) is 4.08. The molecule has 0 N–H and O–H groups in total. The van der Waals surface area contributed by atoms with Gasteiger partial charge in [0.05, 0.1) is 11.4 Å². The van der Waals surface area contributed by atoms with Crippen LogP contribution in [0.1, 0.15) is 11.3 Å². The van der Waals surface area contributed by atoms with Crippen molar-refractivity contribution in [1.82, 2.24) is 9.78 Å². The summed E-state index contributed by atoms with van der Waals surface area (Å²) in [4.78, 5) is 0. The molecule has 2 rings (SSSR count). The fraction of sp³-hybridized carbons (Fsp3) is 0.182. The predicted octanol–water partition coefficient (Wildman–Crippen LogP) is 2.49. The number of hydrogen-bond acceptors (Lipinski definition) is 1. The van der Waals surface area contributed by atoms with E-state index in [9.17, 15) is 0 Å². The molecule has 0 radical (unpaired) electrons. The van der Waals surface area contributed by atoms with Crippen molar-refractivity contribution in [3.8, 4) is 5.69 Å². The second-order valence-electron chi connectivity index (χ2n) is 3.24. The van der Waals surface area contributed by atoms with E-state index in [2.05, 4.69) is 30.2 Å². The Morgan fingerprint density at radius 1 is 1.15 bits per heavy atom. The Labute approximate surface area is 77.8 Å². The summed E-state index contributed by atoms with van der Waals surface area (Å²) >= 11 is 0. The van der Waals surface area contributed by atoms with Gasteiger partial charge >= 0.3 is 0 Å². The molecule has 0 atom stereocenters. The van der Waals surface area contributed by atoms with Crippen LogP contribution in [0.5, 0.6) is 0 Å². The van der Waals surface area contributed by atoms with Crippen molar-refractivity contribution in [2.75, 3.05) is 0 Å². The number of aromatic nitrogens is 2. The van der Waals surface area contributed by atoms with E-state index < -0.39 is 0 Å². The fourth-order valence-electron chi connectivity index (χ4n) is 1.33. The van der Waals surface area contributed by atoms with Crippen LogP contribution in [0.25, 0.3) is 5.69 Å². The average Bonchev–Trinajstić information content (AvgIpc) is 2.52. The summed E-state index contributed by atoms with van der Waals surface area (Å²) in [6, 6.07) is 10.3. The third-order valence-corrected chi connectivity index (χ3v) is 1.99. The topological polar surface area (TPSA) is 17.8 Å². The largest absolute Gasteiger partial charge is 0.241 e. The average molecular weight is 172 g/mol. The molecule has 0 saturated carbocycles. The van der Waals surface area contributed by atoms with E-state index >= 15 is 0 Å². The molecule has 1 aromatic heterocycles. The van der Waals surface area contributed by atoms with Crippen LogP contribution in [0.15, 0.2) is 36.5 Å². The van der Waals surface area contributed by atoms with Crippen molar-refractivity contribution >= 4 is 0 Å². The first kappa shape index (κ1) is 8.05. The van der Waals surface area contributed by atoms with Gasteiger partial charge in [-0.25, -0.2) is 4.68 Å². The summed E-state index contributed by atoms with van der Waals surface area (Å²) in [5, 5.41) is 4.34. The van der Waals surface area contributed by atoms with Crippen LogP contribution < -0.4 is 0 Å². The molecule has 0 amide bonds. The van der Waals surface area contributed by atoms with Gasteiger partial charge in [0.15, 0.2) is 0 Å². The minimum atomic E-state index is 1.04. The maximum Gasteiger partial charge on any atom is 0.0648 e. The Balaban J connectivity index is 2.46. The molecule has 2 heteroatoms. The van der Waals surface area contributed by atoms with Gasteiger partial charge in [0.1, 0.15) is 0 Å². The van der Waals surface area contributed by atoms with Gasteiger partial charge in [-0.15, -0.1) is 0 Å². The first-order valence-corrected chi connectivity index (χ1v) is 4.35. The molecule has 0 aliphatic heterocycles. The Bertz CT molecular complexity index is 416. The Morgan fingerprint density at radius 3 is 2.62 bits per heavy atom. The molecule has 0 fully saturated rings. The molecule has 2 aromatic rings. The van der Waals surface area contributed by atoms with Gasteiger partial charge < -0.3 is 0 Å². The lowest BCUT2D eigenvalue weighted by atomic mass is 10.2. The highest BCUT2D eigenvalue weighted by atomic mass is 15.3. The molecule has 13 heavy (non-hydrogen) atoms. The second kappa shape index (κ2) is 3.05. The lowest BCUT2D eigenvalue weighted by Crippen LogP contribution is -1.94. The monoisotopic (exact) mass is 172 g/mol. The van der Waals surface area contributed by atoms with Crippen molar-refractivity contribution in [2.45, 2.75) is 13.8 Å². The lowest BCUT2D eigenvalue weighted by molar-refractivity contribution is 0.861. The summed E-state index contributed by atoms with van der Waals surface area (Å²) in [6.07, 6.45) is 1.98. The van der Waals surface area contributed by atoms with Crippen molar-refractivity contribution < 1.29 is 0 Å². The molecule has 0 saturated heterocycles. The summed E-state index contributed by atoms with van der Waals surface area (Å²) in [5.74, 6) is 0. The van der Waals surface area contributed by atoms with Gasteiger partial charge in [0.25, 0.3) is 0 Å². The third-order valence-electron chi connectivity index (χ3n) is 1.99. The maximum absolute atomic E-state index is 4.34. The van der Waals surface area contributed by atoms with Gasteiger partial charge in [0.2, 0.25) is 0 Å². The van der Waals surface area contributed by atoms with E-state index in [4.69, 9.17) is 0 Å². The van der Waals surface area contributed by atoms with E-state index in [0.29, 0.717) is 0 Å². The molecule has 0 aliphatic rings. The molecular formula is C11H12N2. The smallest absolute Gasteiger partial charge is 0.0648 e. The minimum Gasteiger partial charge on any atom is -0.241 e. The van der Waals surface area contributed by atoms with Crippen LogP contribution in [0.4, 0.5) is 0 Å². The quantitative estimate of drug-likeness (QED) is 0.646. The fourth-order valence-corrected chi connectivity index (χ4v) is 1.33. The van der Waals surface area contributed by atoms with Gasteiger partial charge in [-0.1, -0.05) is 12.1 Å². The zero-order valence-electron chi connectivity index (χ0n) is 7.86. The highest BCUT2D eigenvalue weighted by Crippen LogP contribution is 2.09. The summed E-state index contributed by atoms with van der Waals surface area (Å²) < 4.78 is 1.89. The normalized spacial score (nSPS) is 10.3. The summed E-state index contributed by atoms with van der Waals surface area (Å²) in [7, 11) is 0. The Kier molecular flexibility index (Phi) is 1.89. The standard InChI is InChI=1S/C11H12N2/c1-9-4-3-5-11(8-9)13-7-6-10(2)12-13/h3-8H,1-2H3. The summed E-state index contributed by atoms with van der Waals surface area (Å²) in [5.41, 5.74) is 3.42. The number of benzene rings is 1. The van der Waals surface area contributed by atoms with Crippen LogP contribution in [0.3, 0.4) is 0 Å². The number of aryl methyl sites for hydroxylation is 2. The highest BCUT2D eigenvalue weighted by molar-refractivity contribution is 5.34. The molecule has 1 aromatic carbocycles. The Morgan fingerprint density at radius 2 is 2.00 bits per heavy atom. The third kappa shape index (κ3) is 1.61. The van der Waals surface area contributed by atoms with Crippen molar-refractivity contribution in [3.05, 3.63) is 47.8 Å². The highest BCUT2D eigenvalue weighted by Gasteiger charge is 1.96. The first-order chi connectivity index (χ1) is 6.25. The number of rotatable bonds is 1. The van der Waals surface area contributed by atoms with Gasteiger partial charge in [-0.3, -0.25) is 0 Å². The minimum absolute atomic E-state index is 1.04. The van der Waals surface area contributed by atoms with Crippen LogP contribution in [0.2, 0.25) is 0 Å². The number of nitrogens with zero attached hydrogens (tertiary/aromatic N) is 2. The van der Waals surface area contributed by atoms with Gasteiger partial charge in [0, 0.05) is 6.20 Å². The van der Waals surface area contributed by atoms with E-state index in [1.165, 1.54) is 5.56 Å². The second-order valence-corrected chi connectivity index (χ2v) is 3.24. The molecule has 0 bridgehead atoms. The predicted molar refractivity (Wildman–Crippen MR) is 53.0 cm³/mol. The van der Waals surface area contributed by atoms with Crippen LogP contribution in [-0.4, -0.2) is 9.78 Å². The van der Waals surface area contributed by atoms with Gasteiger partial charge in [-0.2, -0.15) is 5.10 Å². The molecule has 0 unspecified atom stereocenters. The molecule has 66 valence electrons. The molecule has 1 heterocycles.